The fraction of sp³-hybridized carbons (Fsp3) is 0.222. The molecule has 0 spiro atoms. The molecule has 0 bridgehead atoms. The highest BCUT2D eigenvalue weighted by Crippen LogP contribution is 2.15. The van der Waals surface area contributed by atoms with Crippen LogP contribution in [-0.4, -0.2) is 26.9 Å². The monoisotopic (exact) mass is 350 g/mol. The zero-order valence-corrected chi connectivity index (χ0v) is 14.6. The molecule has 26 heavy (non-hydrogen) atoms. The van der Waals surface area contributed by atoms with Crippen LogP contribution in [0.5, 0.6) is 0 Å². The molecule has 2 aromatic carbocycles. The average Bonchev–Trinajstić information content (AvgIpc) is 3.35. The standard InChI is InChI=1S/C18H22N8/c1-25(11-14-6-5-7-15(10-14)18-20-22-23-21-18)12-16-13-26(24-19-16)17-8-3-2-4-9-17/h2-10,13,18,20-23H,11-12H2,1H3. The third-order valence-electron chi connectivity index (χ3n) is 4.23. The molecular weight excluding hydrogens is 328 g/mol. The van der Waals surface area contributed by atoms with Gasteiger partial charge in [-0.25, -0.2) is 15.5 Å². The Kier molecular flexibility index (Phi) is 5.00. The molecule has 1 aromatic heterocycles. The molecule has 0 atom stereocenters. The first-order valence-electron chi connectivity index (χ1n) is 8.53. The molecule has 0 unspecified atom stereocenters. The predicted molar refractivity (Wildman–Crippen MR) is 98.3 cm³/mol. The van der Waals surface area contributed by atoms with E-state index < -0.39 is 0 Å². The number of para-hydroxylation sites is 1. The van der Waals surface area contributed by atoms with Crippen molar-refractivity contribution in [3.8, 4) is 5.69 Å². The van der Waals surface area contributed by atoms with Crippen molar-refractivity contribution >= 4 is 0 Å². The largest absolute Gasteiger partial charge is 0.296 e. The lowest BCUT2D eigenvalue weighted by molar-refractivity contribution is 0.314. The summed E-state index contributed by atoms with van der Waals surface area (Å²) in [6.07, 6.45) is 2.03. The smallest absolute Gasteiger partial charge is 0.111 e. The van der Waals surface area contributed by atoms with Gasteiger partial charge in [-0.2, -0.15) is 11.1 Å². The number of hydrogen-bond acceptors (Lipinski definition) is 7. The van der Waals surface area contributed by atoms with E-state index in [0.29, 0.717) is 0 Å². The van der Waals surface area contributed by atoms with Gasteiger partial charge in [-0.3, -0.25) is 4.90 Å². The number of nitrogens with zero attached hydrogens (tertiary/aromatic N) is 4. The van der Waals surface area contributed by atoms with E-state index in [4.69, 9.17) is 0 Å². The molecule has 4 rings (SSSR count). The highest BCUT2D eigenvalue weighted by Gasteiger charge is 2.15. The van der Waals surface area contributed by atoms with Crippen molar-refractivity contribution in [3.05, 3.63) is 77.6 Å². The number of aromatic nitrogens is 3. The van der Waals surface area contributed by atoms with Gasteiger partial charge in [0.05, 0.1) is 17.6 Å². The molecule has 1 saturated heterocycles. The molecule has 0 radical (unpaired) electrons. The fourth-order valence-corrected chi connectivity index (χ4v) is 3.01. The van der Waals surface area contributed by atoms with Crippen LogP contribution in [0.3, 0.4) is 0 Å². The predicted octanol–water partition coefficient (Wildman–Crippen LogP) is 1.01. The molecule has 0 aliphatic carbocycles. The normalized spacial score (nSPS) is 15.0. The molecule has 1 aliphatic rings. The maximum atomic E-state index is 4.29. The average molecular weight is 350 g/mol. The number of hydrazine groups is 3. The first-order valence-corrected chi connectivity index (χ1v) is 8.53. The second-order valence-electron chi connectivity index (χ2n) is 6.38. The van der Waals surface area contributed by atoms with E-state index >= 15 is 0 Å². The topological polar surface area (TPSA) is 82.1 Å². The molecule has 2 heterocycles. The minimum Gasteiger partial charge on any atom is -0.296 e. The summed E-state index contributed by atoms with van der Waals surface area (Å²) in [6, 6.07) is 18.5. The summed E-state index contributed by atoms with van der Waals surface area (Å²) in [5.74, 6) is 0. The molecule has 134 valence electrons. The van der Waals surface area contributed by atoms with Gasteiger partial charge in [0.15, 0.2) is 0 Å². The van der Waals surface area contributed by atoms with Crippen LogP contribution in [0.2, 0.25) is 0 Å². The Hall–Kier alpha value is -2.62. The molecule has 3 aromatic rings. The van der Waals surface area contributed by atoms with Crippen molar-refractivity contribution in [2.45, 2.75) is 19.3 Å². The van der Waals surface area contributed by atoms with E-state index in [0.717, 1.165) is 24.5 Å². The van der Waals surface area contributed by atoms with E-state index in [2.05, 4.69) is 68.4 Å². The van der Waals surface area contributed by atoms with Crippen LogP contribution in [-0.2, 0) is 13.1 Å². The lowest BCUT2D eigenvalue weighted by atomic mass is 10.1. The van der Waals surface area contributed by atoms with E-state index in [1.165, 1.54) is 11.1 Å². The van der Waals surface area contributed by atoms with Crippen molar-refractivity contribution in [3.63, 3.8) is 0 Å². The molecule has 8 nitrogen and oxygen atoms in total. The Morgan fingerprint density at radius 2 is 1.81 bits per heavy atom. The SMILES string of the molecule is CN(Cc1cccc(C2NNNN2)c1)Cc1cn(-c2ccccc2)nn1. The summed E-state index contributed by atoms with van der Waals surface area (Å²) in [5.41, 5.74) is 16.3. The Balaban J connectivity index is 1.39. The van der Waals surface area contributed by atoms with Crippen molar-refractivity contribution in [1.29, 1.82) is 0 Å². The maximum absolute atomic E-state index is 4.29. The van der Waals surface area contributed by atoms with Gasteiger partial charge in [0.1, 0.15) is 6.17 Å². The Morgan fingerprint density at radius 1 is 1.00 bits per heavy atom. The molecular formula is C18H22N8. The van der Waals surface area contributed by atoms with E-state index in [1.54, 1.807) is 4.68 Å². The quantitative estimate of drug-likeness (QED) is 0.528. The summed E-state index contributed by atoms with van der Waals surface area (Å²) in [4.78, 5) is 2.23. The summed E-state index contributed by atoms with van der Waals surface area (Å²) < 4.78 is 1.81. The van der Waals surface area contributed by atoms with Gasteiger partial charge < -0.3 is 0 Å². The molecule has 0 saturated carbocycles. The van der Waals surface area contributed by atoms with Crippen LogP contribution in [0.15, 0.2) is 60.8 Å². The van der Waals surface area contributed by atoms with Gasteiger partial charge in [0.2, 0.25) is 0 Å². The second-order valence-corrected chi connectivity index (χ2v) is 6.38. The first kappa shape index (κ1) is 16.8. The number of benzene rings is 2. The van der Waals surface area contributed by atoms with Crippen LogP contribution >= 0.6 is 0 Å². The first-order chi connectivity index (χ1) is 12.8. The van der Waals surface area contributed by atoms with Gasteiger partial charge in [-0.05, 0) is 30.3 Å². The van der Waals surface area contributed by atoms with Crippen molar-refractivity contribution in [2.75, 3.05) is 7.05 Å². The summed E-state index contributed by atoms with van der Waals surface area (Å²) in [6.45, 7) is 1.57. The lowest BCUT2D eigenvalue weighted by Gasteiger charge is -2.17. The maximum Gasteiger partial charge on any atom is 0.111 e. The van der Waals surface area contributed by atoms with Crippen molar-refractivity contribution in [1.82, 2.24) is 41.8 Å². The zero-order valence-electron chi connectivity index (χ0n) is 14.6. The van der Waals surface area contributed by atoms with Gasteiger partial charge in [0.25, 0.3) is 0 Å². The molecule has 8 heteroatoms. The molecule has 0 amide bonds. The molecule has 4 N–H and O–H groups in total. The minimum absolute atomic E-state index is 0.0472. The van der Waals surface area contributed by atoms with Gasteiger partial charge in [-0.1, -0.05) is 47.7 Å². The number of rotatable bonds is 6. The van der Waals surface area contributed by atoms with Crippen molar-refractivity contribution in [2.24, 2.45) is 0 Å². The second kappa shape index (κ2) is 7.73. The highest BCUT2D eigenvalue weighted by molar-refractivity contribution is 5.30. The lowest BCUT2D eigenvalue weighted by Crippen LogP contribution is -2.33. The van der Waals surface area contributed by atoms with Crippen LogP contribution < -0.4 is 21.9 Å². The van der Waals surface area contributed by atoms with E-state index in [1.807, 2.05) is 36.5 Å². The Morgan fingerprint density at radius 3 is 2.62 bits per heavy atom. The summed E-state index contributed by atoms with van der Waals surface area (Å²) in [7, 11) is 2.09. The number of hydrogen-bond donors (Lipinski definition) is 4. The van der Waals surface area contributed by atoms with Gasteiger partial charge >= 0.3 is 0 Å². The highest BCUT2D eigenvalue weighted by atomic mass is 15.8. The van der Waals surface area contributed by atoms with Gasteiger partial charge in [-0.15, -0.1) is 5.10 Å². The summed E-state index contributed by atoms with van der Waals surface area (Å²) in [5, 5.41) is 8.51. The van der Waals surface area contributed by atoms with Crippen LogP contribution in [0, 0.1) is 0 Å². The van der Waals surface area contributed by atoms with Crippen LogP contribution in [0.1, 0.15) is 23.0 Å². The fourth-order valence-electron chi connectivity index (χ4n) is 3.01. The third-order valence-corrected chi connectivity index (χ3v) is 4.23. The van der Waals surface area contributed by atoms with Crippen molar-refractivity contribution < 1.29 is 0 Å². The zero-order chi connectivity index (χ0) is 17.8. The Bertz CT molecular complexity index is 841. The number of nitrogens with one attached hydrogen (secondary N) is 4. The Labute approximate surface area is 152 Å². The summed E-state index contributed by atoms with van der Waals surface area (Å²) >= 11 is 0. The van der Waals surface area contributed by atoms with Crippen LogP contribution in [0.4, 0.5) is 0 Å². The van der Waals surface area contributed by atoms with E-state index in [-0.39, 0.29) is 6.17 Å². The van der Waals surface area contributed by atoms with Crippen LogP contribution in [0.25, 0.3) is 5.69 Å². The van der Waals surface area contributed by atoms with Gasteiger partial charge in [0, 0.05) is 13.1 Å². The molecule has 1 fully saturated rings. The third kappa shape index (κ3) is 3.96. The minimum atomic E-state index is 0.0472. The molecule has 1 aliphatic heterocycles. The van der Waals surface area contributed by atoms with E-state index in [9.17, 15) is 0 Å².